The van der Waals surface area contributed by atoms with Crippen LogP contribution in [-0.4, -0.2) is 67.0 Å². The molecule has 196 valence electrons. The van der Waals surface area contributed by atoms with E-state index < -0.39 is 0 Å². The molecular weight excluding hydrogens is 490 g/mol. The maximum atomic E-state index is 13.1. The van der Waals surface area contributed by atoms with Crippen LogP contribution in [0.15, 0.2) is 52.9 Å². The minimum atomic E-state index is -0.249. The van der Waals surface area contributed by atoms with Crippen LogP contribution in [0.1, 0.15) is 39.2 Å². The molecule has 0 saturated carbocycles. The van der Waals surface area contributed by atoms with Crippen molar-refractivity contribution < 1.29 is 33.0 Å². The monoisotopic (exact) mass is 517 g/mol. The van der Waals surface area contributed by atoms with Crippen LogP contribution >= 0.6 is 0 Å². The summed E-state index contributed by atoms with van der Waals surface area (Å²) in [5, 5.41) is 0. The second-order valence-corrected chi connectivity index (χ2v) is 9.53. The number of carbonyl (C=O) groups is 3. The third kappa shape index (κ3) is 4.70. The van der Waals surface area contributed by atoms with Gasteiger partial charge in [-0.25, -0.2) is 0 Å². The molecule has 3 aromatic rings. The predicted molar refractivity (Wildman–Crippen MR) is 136 cm³/mol. The van der Waals surface area contributed by atoms with Crippen molar-refractivity contribution in [2.45, 2.75) is 20.0 Å². The molecule has 2 aromatic carbocycles. The first-order valence-corrected chi connectivity index (χ1v) is 12.5. The van der Waals surface area contributed by atoms with Crippen molar-refractivity contribution in [2.24, 2.45) is 0 Å². The first-order valence-electron chi connectivity index (χ1n) is 12.5. The Labute approximate surface area is 219 Å². The van der Waals surface area contributed by atoms with Crippen molar-refractivity contribution in [1.29, 1.82) is 0 Å². The lowest BCUT2D eigenvalue weighted by Crippen LogP contribution is -2.48. The van der Waals surface area contributed by atoms with Gasteiger partial charge in [-0.1, -0.05) is 6.07 Å². The maximum Gasteiger partial charge on any atom is 0.289 e. The normalized spacial score (nSPS) is 16.8. The quantitative estimate of drug-likeness (QED) is 0.460. The fourth-order valence-electron chi connectivity index (χ4n) is 4.89. The summed E-state index contributed by atoms with van der Waals surface area (Å²) in [6.45, 7) is 5.18. The Morgan fingerprint density at radius 3 is 2.45 bits per heavy atom. The summed E-state index contributed by atoms with van der Waals surface area (Å²) in [4.78, 5) is 43.2. The van der Waals surface area contributed by atoms with Crippen molar-refractivity contribution >= 4 is 23.3 Å². The van der Waals surface area contributed by atoms with Crippen LogP contribution in [0.4, 0.5) is 5.69 Å². The van der Waals surface area contributed by atoms with Crippen molar-refractivity contribution in [3.05, 3.63) is 71.2 Å². The van der Waals surface area contributed by atoms with E-state index in [9.17, 15) is 14.4 Å². The largest absolute Gasteiger partial charge is 0.482 e. The highest BCUT2D eigenvalue weighted by Crippen LogP contribution is 2.35. The fourth-order valence-corrected chi connectivity index (χ4v) is 4.89. The molecule has 0 atom stereocenters. The zero-order valence-corrected chi connectivity index (χ0v) is 21.0. The van der Waals surface area contributed by atoms with Crippen molar-refractivity contribution in [1.82, 2.24) is 9.80 Å². The summed E-state index contributed by atoms with van der Waals surface area (Å²) in [6, 6.07) is 14.3. The molecule has 0 spiro atoms. The Bertz CT molecular complexity index is 1410. The number of carbonyl (C=O) groups excluding carboxylic acids is 3. The van der Waals surface area contributed by atoms with E-state index in [1.807, 2.05) is 18.2 Å². The Balaban J connectivity index is 1.08. The van der Waals surface area contributed by atoms with E-state index in [1.54, 1.807) is 35.2 Å². The molecule has 0 aliphatic carbocycles. The number of nitrogens with zero attached hydrogens (tertiary/aromatic N) is 3. The Morgan fingerprint density at radius 2 is 1.63 bits per heavy atom. The summed E-state index contributed by atoms with van der Waals surface area (Å²) >= 11 is 0. The highest BCUT2D eigenvalue weighted by atomic mass is 16.7. The molecule has 10 heteroatoms. The van der Waals surface area contributed by atoms with Gasteiger partial charge >= 0.3 is 0 Å². The number of furan rings is 1. The van der Waals surface area contributed by atoms with Gasteiger partial charge in [0.05, 0.1) is 12.2 Å². The van der Waals surface area contributed by atoms with Gasteiger partial charge in [0.15, 0.2) is 29.6 Å². The summed E-state index contributed by atoms with van der Waals surface area (Å²) in [7, 11) is 0. The van der Waals surface area contributed by atoms with Gasteiger partial charge in [0.1, 0.15) is 11.5 Å². The van der Waals surface area contributed by atoms with E-state index in [1.165, 1.54) is 11.8 Å². The molecule has 0 bridgehead atoms. The number of hydrogen-bond donors (Lipinski definition) is 0. The molecule has 3 aliphatic heterocycles. The molecule has 0 radical (unpaired) electrons. The molecule has 1 fully saturated rings. The van der Waals surface area contributed by atoms with Gasteiger partial charge in [0.25, 0.3) is 11.8 Å². The van der Waals surface area contributed by atoms with Crippen molar-refractivity contribution in [3.8, 4) is 17.2 Å². The molecule has 2 amide bonds. The summed E-state index contributed by atoms with van der Waals surface area (Å²) < 4.78 is 22.2. The van der Waals surface area contributed by atoms with E-state index in [0.717, 1.165) is 36.7 Å². The second-order valence-electron chi connectivity index (χ2n) is 9.53. The molecule has 4 heterocycles. The molecule has 3 aliphatic rings. The first-order chi connectivity index (χ1) is 18.4. The molecule has 10 nitrogen and oxygen atoms in total. The zero-order chi connectivity index (χ0) is 26.2. The molecule has 1 aromatic heterocycles. The van der Waals surface area contributed by atoms with Crippen molar-refractivity contribution in [2.75, 3.05) is 44.5 Å². The van der Waals surface area contributed by atoms with Crippen LogP contribution < -0.4 is 19.1 Å². The molecule has 1 saturated heterocycles. The van der Waals surface area contributed by atoms with E-state index in [-0.39, 0.29) is 43.3 Å². The van der Waals surface area contributed by atoms with Crippen LogP contribution in [0.3, 0.4) is 0 Å². The van der Waals surface area contributed by atoms with Crippen LogP contribution in [0, 0.1) is 0 Å². The summed E-state index contributed by atoms with van der Waals surface area (Å²) in [5.74, 6) is 2.25. The van der Waals surface area contributed by atoms with E-state index >= 15 is 0 Å². The minimum absolute atomic E-state index is 0.102. The van der Waals surface area contributed by atoms with Gasteiger partial charge in [-0.05, 0) is 55.0 Å². The lowest BCUT2D eigenvalue weighted by atomic mass is 10.1. The number of ether oxygens (including phenoxy) is 3. The van der Waals surface area contributed by atoms with Crippen LogP contribution in [0.2, 0.25) is 0 Å². The number of Topliss-reactive ketones (excluding diaryl/α,β-unsaturated/α-hetero) is 1. The van der Waals surface area contributed by atoms with E-state index in [4.69, 9.17) is 18.6 Å². The lowest BCUT2D eigenvalue weighted by Gasteiger charge is -2.34. The number of rotatable bonds is 6. The van der Waals surface area contributed by atoms with Gasteiger partial charge in [0.2, 0.25) is 6.79 Å². The standard InChI is InChI=1S/C28H27N3O7/c1-18(32)20-3-6-23-22(13-20)31(27(33)16-35-23)15-21-4-7-25(38-21)28(34)30-10-8-29(9-11-30)14-19-2-5-24-26(12-19)37-17-36-24/h2-7,12-13H,8-11,14-17H2,1H3. The second kappa shape index (κ2) is 9.86. The first kappa shape index (κ1) is 24.1. The van der Waals surface area contributed by atoms with Gasteiger partial charge in [-0.2, -0.15) is 0 Å². The number of benzene rings is 2. The predicted octanol–water partition coefficient (Wildman–Crippen LogP) is 3.09. The maximum absolute atomic E-state index is 13.1. The lowest BCUT2D eigenvalue weighted by molar-refractivity contribution is -0.121. The van der Waals surface area contributed by atoms with E-state index in [0.29, 0.717) is 35.9 Å². The van der Waals surface area contributed by atoms with Gasteiger partial charge in [-0.15, -0.1) is 0 Å². The van der Waals surface area contributed by atoms with Gasteiger partial charge < -0.3 is 23.5 Å². The Morgan fingerprint density at radius 1 is 0.842 bits per heavy atom. The fraction of sp³-hybridized carbons (Fsp3) is 0.321. The third-order valence-electron chi connectivity index (χ3n) is 7.00. The SMILES string of the molecule is CC(=O)c1ccc2c(c1)N(Cc1ccc(C(=O)N3CCN(Cc4ccc5c(c4)OCO5)CC3)o1)C(=O)CO2. The highest BCUT2D eigenvalue weighted by molar-refractivity contribution is 6.01. The number of ketones is 1. The highest BCUT2D eigenvalue weighted by Gasteiger charge is 2.29. The number of anilines is 1. The van der Waals surface area contributed by atoms with Crippen LogP contribution in [0.5, 0.6) is 17.2 Å². The minimum Gasteiger partial charge on any atom is -0.482 e. The van der Waals surface area contributed by atoms with E-state index in [2.05, 4.69) is 4.90 Å². The average Bonchev–Trinajstić information content (AvgIpc) is 3.59. The summed E-state index contributed by atoms with van der Waals surface area (Å²) in [6.07, 6.45) is 0. The van der Waals surface area contributed by atoms with Gasteiger partial charge in [0, 0.05) is 38.3 Å². The Kier molecular flexibility index (Phi) is 6.24. The zero-order valence-electron chi connectivity index (χ0n) is 21.0. The third-order valence-corrected chi connectivity index (χ3v) is 7.00. The van der Waals surface area contributed by atoms with Crippen LogP contribution in [-0.2, 0) is 17.9 Å². The molecule has 0 N–H and O–H groups in total. The molecular formula is C28H27N3O7. The summed E-state index contributed by atoms with van der Waals surface area (Å²) in [5.41, 5.74) is 2.14. The molecule has 6 rings (SSSR count). The number of hydrogen-bond acceptors (Lipinski definition) is 8. The Hall–Kier alpha value is -4.31. The molecule has 0 unspecified atom stereocenters. The average molecular weight is 518 g/mol. The van der Waals surface area contributed by atoms with Crippen LogP contribution in [0.25, 0.3) is 0 Å². The topological polar surface area (TPSA) is 102 Å². The molecule has 38 heavy (non-hydrogen) atoms. The van der Waals surface area contributed by atoms with Crippen molar-refractivity contribution in [3.63, 3.8) is 0 Å². The number of amides is 2. The number of fused-ring (bicyclic) bond motifs is 2. The van der Waals surface area contributed by atoms with Gasteiger partial charge in [-0.3, -0.25) is 24.2 Å². The smallest absolute Gasteiger partial charge is 0.289 e. The number of piperazine rings is 1.